The number of nitrogens with one attached hydrogen (secondary N) is 1. The molecule has 0 radical (unpaired) electrons. The molecule has 6 nitrogen and oxygen atoms in total. The van der Waals surface area contributed by atoms with Crippen LogP contribution in [0.3, 0.4) is 0 Å². The molecule has 1 aliphatic heterocycles. The van der Waals surface area contributed by atoms with Crippen LogP contribution in [0.4, 0.5) is 5.82 Å². The summed E-state index contributed by atoms with van der Waals surface area (Å²) in [5, 5.41) is 7.51. The van der Waals surface area contributed by atoms with E-state index in [-0.39, 0.29) is 0 Å². The zero-order valence-electron chi connectivity index (χ0n) is 13.7. The SMILES string of the molecule is CC(C)c1cc(N2CCC(CCCOS(C)(=O)=O)CC2)n[nH]1. The van der Waals surface area contributed by atoms with Crippen LogP contribution >= 0.6 is 0 Å². The van der Waals surface area contributed by atoms with Gasteiger partial charge in [-0.1, -0.05) is 13.8 Å². The van der Waals surface area contributed by atoms with Gasteiger partial charge in [-0.25, -0.2) is 0 Å². The van der Waals surface area contributed by atoms with E-state index in [1.807, 2.05) is 0 Å². The molecule has 0 aliphatic carbocycles. The number of nitrogens with zero attached hydrogens (tertiary/aromatic N) is 2. The number of anilines is 1. The van der Waals surface area contributed by atoms with Gasteiger partial charge in [-0.2, -0.15) is 13.5 Å². The molecule has 0 atom stereocenters. The minimum atomic E-state index is -3.30. The summed E-state index contributed by atoms with van der Waals surface area (Å²) in [5.41, 5.74) is 1.18. The zero-order chi connectivity index (χ0) is 16.2. The molecule has 0 bridgehead atoms. The molecule has 0 amide bonds. The third-order valence-electron chi connectivity index (χ3n) is 4.20. The van der Waals surface area contributed by atoms with Crippen molar-refractivity contribution < 1.29 is 12.6 Å². The van der Waals surface area contributed by atoms with Crippen LogP contribution in [0.5, 0.6) is 0 Å². The van der Waals surface area contributed by atoms with Crippen LogP contribution in [-0.2, 0) is 14.3 Å². The lowest BCUT2D eigenvalue weighted by molar-refractivity contribution is 0.284. The van der Waals surface area contributed by atoms with Crippen LogP contribution in [0.15, 0.2) is 6.07 Å². The van der Waals surface area contributed by atoms with Gasteiger partial charge in [0.15, 0.2) is 5.82 Å². The normalized spacial score (nSPS) is 17.4. The average Bonchev–Trinajstić information content (AvgIpc) is 2.93. The maximum Gasteiger partial charge on any atom is 0.264 e. The first-order valence-electron chi connectivity index (χ1n) is 8.00. The summed E-state index contributed by atoms with van der Waals surface area (Å²) in [6, 6.07) is 2.14. The van der Waals surface area contributed by atoms with E-state index in [1.54, 1.807) is 0 Å². The number of aromatic amines is 1. The molecular weight excluding hydrogens is 302 g/mol. The molecule has 1 aliphatic rings. The number of H-pyrrole nitrogens is 1. The molecular formula is C15H27N3O3S. The molecule has 1 saturated heterocycles. The standard InChI is InChI=1S/C15H27N3O3S/c1-12(2)14-11-15(17-16-14)18-8-6-13(7-9-18)5-4-10-21-22(3,19)20/h11-13H,4-10H2,1-3H3,(H,16,17). The Bertz CT molecular complexity index is 560. The van der Waals surface area contributed by atoms with E-state index in [2.05, 4.69) is 35.0 Å². The average molecular weight is 329 g/mol. The van der Waals surface area contributed by atoms with Crippen molar-refractivity contribution in [2.75, 3.05) is 30.9 Å². The van der Waals surface area contributed by atoms with E-state index in [9.17, 15) is 8.42 Å². The molecule has 1 fully saturated rings. The minimum Gasteiger partial charge on any atom is -0.355 e. The summed E-state index contributed by atoms with van der Waals surface area (Å²) >= 11 is 0. The van der Waals surface area contributed by atoms with Gasteiger partial charge in [-0.05, 0) is 37.5 Å². The van der Waals surface area contributed by atoms with Crippen LogP contribution in [-0.4, -0.2) is 44.6 Å². The summed E-state index contributed by atoms with van der Waals surface area (Å²) in [7, 11) is -3.30. The van der Waals surface area contributed by atoms with Crippen LogP contribution in [0.25, 0.3) is 0 Å². The summed E-state index contributed by atoms with van der Waals surface area (Å²) in [4.78, 5) is 2.33. The molecule has 0 saturated carbocycles. The Morgan fingerprint density at radius 2 is 2.09 bits per heavy atom. The van der Waals surface area contributed by atoms with Gasteiger partial charge in [0.25, 0.3) is 10.1 Å². The number of piperidine rings is 1. The van der Waals surface area contributed by atoms with Crippen LogP contribution in [0, 0.1) is 5.92 Å². The first kappa shape index (κ1) is 17.3. The van der Waals surface area contributed by atoms with Gasteiger partial charge in [-0.3, -0.25) is 9.28 Å². The lowest BCUT2D eigenvalue weighted by Gasteiger charge is -2.32. The van der Waals surface area contributed by atoms with Crippen molar-refractivity contribution in [3.8, 4) is 0 Å². The second-order valence-corrected chi connectivity index (χ2v) is 8.08. The highest BCUT2D eigenvalue weighted by Crippen LogP contribution is 2.26. The molecule has 126 valence electrons. The molecule has 7 heteroatoms. The van der Waals surface area contributed by atoms with Gasteiger partial charge in [0, 0.05) is 24.8 Å². The Kier molecular flexibility index (Phi) is 5.86. The Morgan fingerprint density at radius 1 is 1.41 bits per heavy atom. The Morgan fingerprint density at radius 3 is 2.64 bits per heavy atom. The Balaban J connectivity index is 1.71. The van der Waals surface area contributed by atoms with Gasteiger partial charge < -0.3 is 4.90 Å². The molecule has 0 aromatic carbocycles. The number of hydrogen-bond donors (Lipinski definition) is 1. The third kappa shape index (κ3) is 5.28. The molecule has 1 aromatic heterocycles. The van der Waals surface area contributed by atoms with Crippen molar-refractivity contribution in [1.82, 2.24) is 10.2 Å². The van der Waals surface area contributed by atoms with Crippen molar-refractivity contribution in [1.29, 1.82) is 0 Å². The van der Waals surface area contributed by atoms with Gasteiger partial charge in [0.05, 0.1) is 12.9 Å². The largest absolute Gasteiger partial charge is 0.355 e. The fourth-order valence-electron chi connectivity index (χ4n) is 2.82. The van der Waals surface area contributed by atoms with Crippen molar-refractivity contribution >= 4 is 15.9 Å². The monoisotopic (exact) mass is 329 g/mol. The summed E-state index contributed by atoms with van der Waals surface area (Å²) in [5.74, 6) is 2.17. The second-order valence-electron chi connectivity index (χ2n) is 6.43. The van der Waals surface area contributed by atoms with E-state index in [0.29, 0.717) is 18.4 Å². The molecule has 2 rings (SSSR count). The Hall–Kier alpha value is -1.08. The number of aromatic nitrogens is 2. The van der Waals surface area contributed by atoms with Crippen LogP contribution in [0.2, 0.25) is 0 Å². The quantitative estimate of drug-likeness (QED) is 0.614. The second kappa shape index (κ2) is 7.46. The van der Waals surface area contributed by atoms with Crippen LogP contribution in [0.1, 0.15) is 51.1 Å². The van der Waals surface area contributed by atoms with Crippen molar-refractivity contribution in [2.45, 2.75) is 45.4 Å². The predicted molar refractivity (Wildman–Crippen MR) is 87.6 cm³/mol. The topological polar surface area (TPSA) is 75.3 Å². The minimum absolute atomic E-state index is 0.302. The molecule has 1 aromatic rings. The van der Waals surface area contributed by atoms with Crippen molar-refractivity contribution in [2.24, 2.45) is 5.92 Å². The van der Waals surface area contributed by atoms with Gasteiger partial charge in [0.1, 0.15) is 0 Å². The van der Waals surface area contributed by atoms with Gasteiger partial charge >= 0.3 is 0 Å². The maximum atomic E-state index is 10.9. The first-order chi connectivity index (χ1) is 10.3. The molecule has 1 N–H and O–H groups in total. The van der Waals surface area contributed by atoms with Crippen molar-refractivity contribution in [3.05, 3.63) is 11.8 Å². The smallest absolute Gasteiger partial charge is 0.264 e. The fraction of sp³-hybridized carbons (Fsp3) is 0.800. The molecule has 22 heavy (non-hydrogen) atoms. The lowest BCUT2D eigenvalue weighted by atomic mass is 9.92. The van der Waals surface area contributed by atoms with Crippen molar-refractivity contribution in [3.63, 3.8) is 0 Å². The maximum absolute atomic E-state index is 10.9. The highest BCUT2D eigenvalue weighted by atomic mass is 32.2. The van der Waals surface area contributed by atoms with E-state index < -0.39 is 10.1 Å². The molecule has 0 unspecified atom stereocenters. The predicted octanol–water partition coefficient (Wildman–Crippen LogP) is 2.51. The van der Waals surface area contributed by atoms with E-state index in [0.717, 1.165) is 50.8 Å². The van der Waals surface area contributed by atoms with Gasteiger partial charge in [-0.15, -0.1) is 0 Å². The third-order valence-corrected chi connectivity index (χ3v) is 4.79. The highest BCUT2D eigenvalue weighted by molar-refractivity contribution is 7.85. The summed E-state index contributed by atoms with van der Waals surface area (Å²) in [6.45, 7) is 6.64. The highest BCUT2D eigenvalue weighted by Gasteiger charge is 2.21. The molecule has 0 spiro atoms. The number of rotatable bonds is 7. The van der Waals surface area contributed by atoms with E-state index in [1.165, 1.54) is 5.69 Å². The fourth-order valence-corrected chi connectivity index (χ4v) is 3.24. The summed E-state index contributed by atoms with van der Waals surface area (Å²) < 4.78 is 26.6. The first-order valence-corrected chi connectivity index (χ1v) is 9.81. The Labute approximate surface area is 133 Å². The van der Waals surface area contributed by atoms with E-state index >= 15 is 0 Å². The summed E-state index contributed by atoms with van der Waals surface area (Å²) in [6.07, 6.45) is 5.19. The number of hydrogen-bond acceptors (Lipinski definition) is 5. The molecule has 2 heterocycles. The zero-order valence-corrected chi connectivity index (χ0v) is 14.5. The van der Waals surface area contributed by atoms with E-state index in [4.69, 9.17) is 4.18 Å². The van der Waals surface area contributed by atoms with Crippen LogP contribution < -0.4 is 4.90 Å². The lowest BCUT2D eigenvalue weighted by Crippen LogP contribution is -2.34. The van der Waals surface area contributed by atoms with Gasteiger partial charge in [0.2, 0.25) is 0 Å².